The highest BCUT2D eigenvalue weighted by atomic mass is 16.7. The summed E-state index contributed by atoms with van der Waals surface area (Å²) in [6.45, 7) is 8.44. The van der Waals surface area contributed by atoms with Crippen LogP contribution in [0.25, 0.3) is 0 Å². The number of methoxy groups -OCH3 is 1. The third-order valence-corrected chi connectivity index (χ3v) is 5.00. The van der Waals surface area contributed by atoms with Gasteiger partial charge in [0, 0.05) is 5.82 Å². The summed E-state index contributed by atoms with van der Waals surface area (Å²) in [5, 5.41) is 0. The van der Waals surface area contributed by atoms with Crippen molar-refractivity contribution in [2.24, 2.45) is 0 Å². The van der Waals surface area contributed by atoms with Crippen LogP contribution in [0.3, 0.4) is 0 Å². The lowest BCUT2D eigenvalue weighted by molar-refractivity contribution is 0.00578. The fourth-order valence-electron chi connectivity index (χ4n) is 2.81. The molecule has 0 bridgehead atoms. The maximum Gasteiger partial charge on any atom is 0.461 e. The van der Waals surface area contributed by atoms with Crippen LogP contribution in [-0.4, -0.2) is 25.4 Å². The quantitative estimate of drug-likeness (QED) is 0.787. The van der Waals surface area contributed by atoms with Crippen LogP contribution in [0.4, 0.5) is 0 Å². The van der Waals surface area contributed by atoms with E-state index in [9.17, 15) is 0 Å². The largest absolute Gasteiger partial charge is 0.497 e. The first-order valence-corrected chi connectivity index (χ1v) is 7.34. The first kappa shape index (κ1) is 14.0. The smallest absolute Gasteiger partial charge is 0.461 e. The molecule has 0 aromatic heterocycles. The van der Waals surface area contributed by atoms with Gasteiger partial charge in [-0.2, -0.15) is 0 Å². The molecule has 0 unspecified atom stereocenters. The van der Waals surface area contributed by atoms with Crippen LogP contribution in [0.5, 0.6) is 5.75 Å². The normalized spacial score (nSPS) is 30.4. The van der Waals surface area contributed by atoms with Gasteiger partial charge in [0.15, 0.2) is 0 Å². The van der Waals surface area contributed by atoms with E-state index in [1.165, 1.54) is 5.56 Å². The highest BCUT2D eigenvalue weighted by Gasteiger charge is 2.59. The average molecular weight is 274 g/mol. The molecule has 3 nitrogen and oxygen atoms in total. The van der Waals surface area contributed by atoms with E-state index in [0.29, 0.717) is 11.7 Å². The zero-order valence-corrected chi connectivity index (χ0v) is 13.0. The highest BCUT2D eigenvalue weighted by molar-refractivity contribution is 6.49. The number of rotatable bonds is 3. The first-order valence-electron chi connectivity index (χ1n) is 7.34. The molecule has 2 fully saturated rings. The molecule has 1 aromatic rings. The van der Waals surface area contributed by atoms with Crippen LogP contribution >= 0.6 is 0 Å². The summed E-state index contributed by atoms with van der Waals surface area (Å²) in [6, 6.07) is 8.34. The van der Waals surface area contributed by atoms with Crippen molar-refractivity contribution in [3.05, 3.63) is 29.8 Å². The van der Waals surface area contributed by atoms with Crippen molar-refractivity contribution >= 4 is 7.12 Å². The zero-order chi connectivity index (χ0) is 14.5. The molecule has 1 aliphatic carbocycles. The Hall–Kier alpha value is -0.995. The Balaban J connectivity index is 1.68. The molecule has 1 saturated carbocycles. The topological polar surface area (TPSA) is 27.7 Å². The Morgan fingerprint density at radius 3 is 2.10 bits per heavy atom. The molecule has 2 aliphatic rings. The van der Waals surface area contributed by atoms with E-state index < -0.39 is 0 Å². The van der Waals surface area contributed by atoms with Gasteiger partial charge in [-0.15, -0.1) is 0 Å². The van der Waals surface area contributed by atoms with Crippen molar-refractivity contribution in [2.75, 3.05) is 7.11 Å². The Morgan fingerprint density at radius 2 is 1.60 bits per heavy atom. The summed E-state index contributed by atoms with van der Waals surface area (Å²) < 4.78 is 17.5. The first-order chi connectivity index (χ1) is 9.34. The molecule has 1 aliphatic heterocycles. The van der Waals surface area contributed by atoms with Crippen molar-refractivity contribution in [3.63, 3.8) is 0 Å². The van der Waals surface area contributed by atoms with E-state index in [0.717, 1.165) is 12.2 Å². The Bertz CT molecular complexity index is 479. The second kappa shape index (κ2) is 4.50. The monoisotopic (exact) mass is 274 g/mol. The van der Waals surface area contributed by atoms with Gasteiger partial charge in [-0.25, -0.2) is 0 Å². The standard InChI is InChI=1S/C16H23BO3/c1-15(2)16(3,4)20-17(19-15)14-10-13(14)11-6-8-12(18-5)9-7-11/h6-9,13-14H,10H2,1-5H3/t13-,14+/m1/s1. The van der Waals surface area contributed by atoms with Crippen LogP contribution in [0, 0.1) is 0 Å². The summed E-state index contributed by atoms with van der Waals surface area (Å²) in [5.41, 5.74) is 0.889. The summed E-state index contributed by atoms with van der Waals surface area (Å²) in [4.78, 5) is 0. The van der Waals surface area contributed by atoms with Crippen LogP contribution in [0.2, 0.25) is 5.82 Å². The van der Waals surface area contributed by atoms with E-state index in [-0.39, 0.29) is 18.3 Å². The number of benzene rings is 1. The van der Waals surface area contributed by atoms with Crippen molar-refractivity contribution in [1.82, 2.24) is 0 Å². The van der Waals surface area contributed by atoms with Gasteiger partial charge in [-0.3, -0.25) is 0 Å². The molecule has 1 saturated heterocycles. The lowest BCUT2D eigenvalue weighted by atomic mass is 9.79. The molecule has 4 heteroatoms. The molecule has 2 atom stereocenters. The fourth-order valence-corrected chi connectivity index (χ4v) is 2.81. The van der Waals surface area contributed by atoms with Crippen LogP contribution in [0.15, 0.2) is 24.3 Å². The molecule has 0 spiro atoms. The molecule has 108 valence electrons. The average Bonchev–Trinajstić information content (AvgIpc) is 3.13. The van der Waals surface area contributed by atoms with E-state index in [1.807, 2.05) is 12.1 Å². The lowest BCUT2D eigenvalue weighted by Gasteiger charge is -2.32. The van der Waals surface area contributed by atoms with Gasteiger partial charge in [0.2, 0.25) is 0 Å². The van der Waals surface area contributed by atoms with Crippen molar-refractivity contribution in [1.29, 1.82) is 0 Å². The molecule has 20 heavy (non-hydrogen) atoms. The zero-order valence-electron chi connectivity index (χ0n) is 13.0. The third kappa shape index (κ3) is 2.25. The second-order valence-electron chi connectivity index (χ2n) is 6.90. The van der Waals surface area contributed by atoms with Crippen molar-refractivity contribution < 1.29 is 14.0 Å². The number of ether oxygens (including phenoxy) is 1. The van der Waals surface area contributed by atoms with E-state index in [4.69, 9.17) is 14.0 Å². The Labute approximate surface area is 121 Å². The molecule has 0 radical (unpaired) electrons. The Morgan fingerprint density at radius 1 is 1.05 bits per heavy atom. The minimum Gasteiger partial charge on any atom is -0.497 e. The van der Waals surface area contributed by atoms with Gasteiger partial charge >= 0.3 is 7.12 Å². The van der Waals surface area contributed by atoms with E-state index in [1.54, 1.807) is 7.11 Å². The summed E-state index contributed by atoms with van der Waals surface area (Å²) >= 11 is 0. The molecule has 1 heterocycles. The molecule has 0 N–H and O–H groups in total. The van der Waals surface area contributed by atoms with E-state index >= 15 is 0 Å². The predicted molar refractivity (Wildman–Crippen MR) is 80.2 cm³/mol. The molecular weight excluding hydrogens is 251 g/mol. The van der Waals surface area contributed by atoms with Gasteiger partial charge in [0.05, 0.1) is 18.3 Å². The molecule has 1 aromatic carbocycles. The second-order valence-corrected chi connectivity index (χ2v) is 6.90. The highest BCUT2D eigenvalue weighted by Crippen LogP contribution is 2.58. The Kier molecular flexibility index (Phi) is 3.14. The van der Waals surface area contributed by atoms with Crippen LogP contribution in [-0.2, 0) is 9.31 Å². The van der Waals surface area contributed by atoms with Gasteiger partial charge in [0.1, 0.15) is 5.75 Å². The number of hydrogen-bond donors (Lipinski definition) is 0. The van der Waals surface area contributed by atoms with Gasteiger partial charge in [-0.05, 0) is 57.7 Å². The van der Waals surface area contributed by atoms with Crippen LogP contribution < -0.4 is 4.74 Å². The van der Waals surface area contributed by atoms with Crippen molar-refractivity contribution in [3.8, 4) is 5.75 Å². The van der Waals surface area contributed by atoms with Gasteiger partial charge in [-0.1, -0.05) is 12.1 Å². The van der Waals surface area contributed by atoms with Gasteiger partial charge < -0.3 is 14.0 Å². The predicted octanol–water partition coefficient (Wildman–Crippen LogP) is 3.64. The van der Waals surface area contributed by atoms with Gasteiger partial charge in [0.25, 0.3) is 0 Å². The van der Waals surface area contributed by atoms with Crippen LogP contribution in [0.1, 0.15) is 45.6 Å². The third-order valence-electron chi connectivity index (χ3n) is 5.00. The minimum atomic E-state index is -0.231. The minimum absolute atomic E-state index is 0.0768. The molecule has 3 rings (SSSR count). The summed E-state index contributed by atoms with van der Waals surface area (Å²) in [5.74, 6) is 1.93. The maximum absolute atomic E-state index is 6.14. The fraction of sp³-hybridized carbons (Fsp3) is 0.625. The summed E-state index contributed by atoms with van der Waals surface area (Å²) in [6.07, 6.45) is 1.14. The summed E-state index contributed by atoms with van der Waals surface area (Å²) in [7, 11) is 1.62. The molecular formula is C16H23BO3. The lowest BCUT2D eigenvalue weighted by Crippen LogP contribution is -2.41. The number of hydrogen-bond acceptors (Lipinski definition) is 3. The van der Waals surface area contributed by atoms with Crippen molar-refractivity contribution in [2.45, 2.75) is 57.1 Å². The maximum atomic E-state index is 6.14. The SMILES string of the molecule is COc1ccc([C@H]2C[C@@H]2B2OC(C)(C)C(C)(C)O2)cc1. The molecule has 0 amide bonds. The van der Waals surface area contributed by atoms with E-state index in [2.05, 4.69) is 39.8 Å².